The summed E-state index contributed by atoms with van der Waals surface area (Å²) in [7, 11) is -3.71. The summed E-state index contributed by atoms with van der Waals surface area (Å²) in [6.45, 7) is 1.89. The number of halogens is 1. The largest absolute Gasteiger partial charge is 0.326 e. The van der Waals surface area contributed by atoms with E-state index >= 15 is 0 Å². The molecular weight excluding hydrogens is 267 g/mol. The van der Waals surface area contributed by atoms with Crippen LogP contribution in [0.4, 0.5) is 4.39 Å². The van der Waals surface area contributed by atoms with Gasteiger partial charge in [0.25, 0.3) is 0 Å². The SMILES string of the molecule is CC1CCCC1NS(=O)(=O)c1cccc(F)c1CN. The van der Waals surface area contributed by atoms with E-state index in [1.165, 1.54) is 18.2 Å². The van der Waals surface area contributed by atoms with E-state index < -0.39 is 15.8 Å². The van der Waals surface area contributed by atoms with E-state index in [4.69, 9.17) is 5.73 Å². The molecule has 0 bridgehead atoms. The van der Waals surface area contributed by atoms with E-state index in [2.05, 4.69) is 4.72 Å². The average molecular weight is 286 g/mol. The first-order valence-corrected chi connectivity index (χ1v) is 7.94. The highest BCUT2D eigenvalue weighted by atomic mass is 32.2. The molecule has 19 heavy (non-hydrogen) atoms. The van der Waals surface area contributed by atoms with Gasteiger partial charge in [-0.2, -0.15) is 0 Å². The molecular formula is C13H19FN2O2S. The average Bonchev–Trinajstić information content (AvgIpc) is 2.74. The molecule has 0 aromatic heterocycles. The smallest absolute Gasteiger partial charge is 0.241 e. The van der Waals surface area contributed by atoms with Gasteiger partial charge in [-0.1, -0.05) is 19.4 Å². The zero-order valence-electron chi connectivity index (χ0n) is 10.9. The van der Waals surface area contributed by atoms with Gasteiger partial charge in [-0.3, -0.25) is 0 Å². The van der Waals surface area contributed by atoms with Gasteiger partial charge in [0.1, 0.15) is 5.82 Å². The summed E-state index contributed by atoms with van der Waals surface area (Å²) < 4.78 is 40.9. The minimum Gasteiger partial charge on any atom is -0.326 e. The van der Waals surface area contributed by atoms with Gasteiger partial charge in [0.2, 0.25) is 10.0 Å². The number of sulfonamides is 1. The fourth-order valence-corrected chi connectivity index (χ4v) is 4.21. The lowest BCUT2D eigenvalue weighted by molar-refractivity contribution is 0.475. The number of rotatable bonds is 4. The van der Waals surface area contributed by atoms with Crippen LogP contribution >= 0.6 is 0 Å². The van der Waals surface area contributed by atoms with Crippen molar-refractivity contribution in [3.8, 4) is 0 Å². The van der Waals surface area contributed by atoms with Crippen molar-refractivity contribution in [3.05, 3.63) is 29.6 Å². The van der Waals surface area contributed by atoms with Crippen molar-refractivity contribution in [1.29, 1.82) is 0 Å². The van der Waals surface area contributed by atoms with Crippen molar-refractivity contribution in [2.45, 2.75) is 43.7 Å². The predicted molar refractivity (Wildman–Crippen MR) is 71.4 cm³/mol. The molecule has 4 nitrogen and oxygen atoms in total. The van der Waals surface area contributed by atoms with E-state index in [1.807, 2.05) is 6.92 Å². The van der Waals surface area contributed by atoms with Gasteiger partial charge < -0.3 is 5.73 Å². The first-order valence-electron chi connectivity index (χ1n) is 6.45. The van der Waals surface area contributed by atoms with Crippen LogP contribution in [0.25, 0.3) is 0 Å². The van der Waals surface area contributed by atoms with Crippen molar-refractivity contribution < 1.29 is 12.8 Å². The molecule has 1 aliphatic carbocycles. The van der Waals surface area contributed by atoms with Gasteiger partial charge in [0, 0.05) is 18.2 Å². The monoisotopic (exact) mass is 286 g/mol. The molecule has 106 valence electrons. The molecule has 2 atom stereocenters. The molecule has 1 saturated carbocycles. The topological polar surface area (TPSA) is 72.2 Å². The van der Waals surface area contributed by atoms with Crippen LogP contribution in [-0.4, -0.2) is 14.5 Å². The summed E-state index contributed by atoms with van der Waals surface area (Å²) in [4.78, 5) is -0.0471. The van der Waals surface area contributed by atoms with Crippen LogP contribution in [0, 0.1) is 11.7 Å². The molecule has 0 aliphatic heterocycles. The molecule has 1 aromatic rings. The standard InChI is InChI=1S/C13H19FN2O2S/c1-9-4-2-6-12(9)16-19(17,18)13-7-3-5-11(14)10(13)8-15/h3,5,7,9,12,16H,2,4,6,8,15H2,1H3. The van der Waals surface area contributed by atoms with Crippen LogP contribution in [0.1, 0.15) is 31.7 Å². The summed E-state index contributed by atoms with van der Waals surface area (Å²) in [6.07, 6.45) is 2.86. The summed E-state index contributed by atoms with van der Waals surface area (Å²) in [5.74, 6) is -0.269. The van der Waals surface area contributed by atoms with E-state index in [1.54, 1.807) is 0 Å². The minimum absolute atomic E-state index is 0.0423. The van der Waals surface area contributed by atoms with E-state index in [0.717, 1.165) is 19.3 Å². The van der Waals surface area contributed by atoms with Crippen LogP contribution in [0.5, 0.6) is 0 Å². The third-order valence-electron chi connectivity index (χ3n) is 3.74. The normalized spacial score (nSPS) is 23.7. The van der Waals surface area contributed by atoms with Crippen molar-refractivity contribution in [3.63, 3.8) is 0 Å². The molecule has 1 aliphatic rings. The maximum absolute atomic E-state index is 13.6. The Balaban J connectivity index is 2.32. The molecule has 0 radical (unpaired) electrons. The van der Waals surface area contributed by atoms with Crippen LogP contribution in [0.15, 0.2) is 23.1 Å². The van der Waals surface area contributed by atoms with Crippen LogP contribution < -0.4 is 10.5 Å². The Morgan fingerprint density at radius 3 is 2.74 bits per heavy atom. The van der Waals surface area contributed by atoms with Crippen LogP contribution in [0.3, 0.4) is 0 Å². The zero-order chi connectivity index (χ0) is 14.0. The van der Waals surface area contributed by atoms with Gasteiger partial charge in [0.05, 0.1) is 4.90 Å². The van der Waals surface area contributed by atoms with Crippen LogP contribution in [-0.2, 0) is 16.6 Å². The number of benzene rings is 1. The maximum atomic E-state index is 13.6. The lowest BCUT2D eigenvalue weighted by Gasteiger charge is -2.18. The summed E-state index contributed by atoms with van der Waals surface area (Å²) in [5.41, 5.74) is 5.49. The number of hydrogen-bond donors (Lipinski definition) is 2. The van der Waals surface area contributed by atoms with Crippen molar-refractivity contribution >= 4 is 10.0 Å². The molecule has 1 fully saturated rings. The number of hydrogen-bond acceptors (Lipinski definition) is 3. The number of nitrogens with one attached hydrogen (secondary N) is 1. The Morgan fingerprint density at radius 1 is 1.42 bits per heavy atom. The van der Waals surface area contributed by atoms with E-state index in [-0.39, 0.29) is 23.0 Å². The highest BCUT2D eigenvalue weighted by molar-refractivity contribution is 7.89. The second-order valence-electron chi connectivity index (χ2n) is 5.06. The molecule has 2 unspecified atom stereocenters. The van der Waals surface area contributed by atoms with E-state index in [9.17, 15) is 12.8 Å². The van der Waals surface area contributed by atoms with Crippen molar-refractivity contribution in [1.82, 2.24) is 4.72 Å². The second kappa shape index (κ2) is 5.56. The molecule has 2 rings (SSSR count). The minimum atomic E-state index is -3.71. The zero-order valence-corrected chi connectivity index (χ0v) is 11.7. The molecule has 0 spiro atoms. The van der Waals surface area contributed by atoms with Gasteiger partial charge >= 0.3 is 0 Å². The van der Waals surface area contributed by atoms with Crippen LogP contribution in [0.2, 0.25) is 0 Å². The van der Waals surface area contributed by atoms with Gasteiger partial charge in [-0.05, 0) is 30.9 Å². The first-order chi connectivity index (χ1) is 8.95. The predicted octanol–water partition coefficient (Wildman–Crippen LogP) is 1.75. The third kappa shape index (κ3) is 2.96. The number of nitrogens with two attached hydrogens (primary N) is 1. The fraction of sp³-hybridized carbons (Fsp3) is 0.538. The maximum Gasteiger partial charge on any atom is 0.241 e. The summed E-state index contributed by atoms with van der Waals surface area (Å²) in [5, 5.41) is 0. The van der Waals surface area contributed by atoms with Gasteiger partial charge in [0.15, 0.2) is 0 Å². The lowest BCUT2D eigenvalue weighted by Crippen LogP contribution is -2.37. The molecule has 1 aromatic carbocycles. The third-order valence-corrected chi connectivity index (χ3v) is 5.31. The molecule has 0 heterocycles. The first kappa shape index (κ1) is 14.4. The summed E-state index contributed by atoms with van der Waals surface area (Å²) >= 11 is 0. The highest BCUT2D eigenvalue weighted by Crippen LogP contribution is 2.27. The van der Waals surface area contributed by atoms with Crippen molar-refractivity contribution in [2.75, 3.05) is 0 Å². The fourth-order valence-electron chi connectivity index (χ4n) is 2.57. The van der Waals surface area contributed by atoms with Crippen molar-refractivity contribution in [2.24, 2.45) is 11.7 Å². The highest BCUT2D eigenvalue weighted by Gasteiger charge is 2.29. The van der Waals surface area contributed by atoms with E-state index in [0.29, 0.717) is 5.92 Å². The lowest BCUT2D eigenvalue weighted by atomic mass is 10.1. The Kier molecular flexibility index (Phi) is 4.23. The second-order valence-corrected chi connectivity index (χ2v) is 6.74. The Labute approximate surface area is 113 Å². The molecule has 0 saturated heterocycles. The van der Waals surface area contributed by atoms with Gasteiger partial charge in [-0.15, -0.1) is 0 Å². The Hall–Kier alpha value is -0.980. The quantitative estimate of drug-likeness (QED) is 0.885. The molecule has 6 heteroatoms. The van der Waals surface area contributed by atoms with Gasteiger partial charge in [-0.25, -0.2) is 17.5 Å². The molecule has 3 N–H and O–H groups in total. The Bertz CT molecular complexity index is 560. The Morgan fingerprint density at radius 2 is 2.16 bits per heavy atom. The summed E-state index contributed by atoms with van der Waals surface area (Å²) in [6, 6.07) is 3.94. The molecule has 0 amide bonds.